The van der Waals surface area contributed by atoms with Crippen molar-refractivity contribution in [1.29, 1.82) is 0 Å². The zero-order valence-electron chi connectivity index (χ0n) is 14.6. The third-order valence-electron chi connectivity index (χ3n) is 4.24. The van der Waals surface area contributed by atoms with E-state index in [1.165, 1.54) is 0 Å². The molecule has 0 bridgehead atoms. The third-order valence-corrected chi connectivity index (χ3v) is 4.24. The number of urea groups is 1. The van der Waals surface area contributed by atoms with Crippen LogP contribution in [-0.4, -0.2) is 31.1 Å². The van der Waals surface area contributed by atoms with Gasteiger partial charge in [0.25, 0.3) is 0 Å². The molecule has 0 saturated carbocycles. The standard InChI is InChI=1S/C20H20N2O5/c23-17-20(18(24)22-19(25)21-17,13-26-11-15-7-3-1-4-8-15)14-27-12-16-9-5-2-6-10-16/h1-10H,11-14H2,(H2,21,22,23,24,25). The summed E-state index contributed by atoms with van der Waals surface area (Å²) >= 11 is 0. The van der Waals surface area contributed by atoms with Crippen LogP contribution in [0.15, 0.2) is 60.7 Å². The largest absolute Gasteiger partial charge is 0.375 e. The normalized spacial score (nSPS) is 15.9. The molecule has 4 amide bonds. The van der Waals surface area contributed by atoms with Crippen molar-refractivity contribution < 1.29 is 23.9 Å². The second-order valence-electron chi connectivity index (χ2n) is 6.28. The minimum Gasteiger partial charge on any atom is -0.375 e. The van der Waals surface area contributed by atoms with E-state index in [1.807, 2.05) is 60.7 Å². The smallest absolute Gasteiger partial charge is 0.328 e. The average Bonchev–Trinajstić information content (AvgIpc) is 2.67. The Kier molecular flexibility index (Phi) is 5.95. The van der Waals surface area contributed by atoms with E-state index >= 15 is 0 Å². The molecule has 0 aromatic heterocycles. The molecule has 0 unspecified atom stereocenters. The number of ether oxygens (including phenoxy) is 2. The van der Waals surface area contributed by atoms with Crippen molar-refractivity contribution in [2.45, 2.75) is 13.2 Å². The van der Waals surface area contributed by atoms with E-state index in [0.717, 1.165) is 11.1 Å². The van der Waals surface area contributed by atoms with Crippen molar-refractivity contribution >= 4 is 17.8 Å². The zero-order valence-corrected chi connectivity index (χ0v) is 14.6. The average molecular weight is 368 g/mol. The van der Waals surface area contributed by atoms with E-state index in [1.54, 1.807) is 0 Å². The van der Waals surface area contributed by atoms with E-state index in [2.05, 4.69) is 10.6 Å². The molecule has 7 nitrogen and oxygen atoms in total. The molecule has 1 aliphatic heterocycles. The number of amides is 4. The van der Waals surface area contributed by atoms with Gasteiger partial charge in [-0.2, -0.15) is 0 Å². The molecule has 0 atom stereocenters. The van der Waals surface area contributed by atoms with Crippen LogP contribution in [0.2, 0.25) is 0 Å². The third kappa shape index (κ3) is 4.58. The maximum atomic E-state index is 12.5. The predicted molar refractivity (Wildman–Crippen MR) is 96.3 cm³/mol. The fraction of sp³-hybridized carbons (Fsp3) is 0.250. The molecule has 0 spiro atoms. The van der Waals surface area contributed by atoms with E-state index in [0.29, 0.717) is 0 Å². The second kappa shape index (κ2) is 8.57. The van der Waals surface area contributed by atoms with Gasteiger partial charge in [-0.15, -0.1) is 0 Å². The molecule has 0 radical (unpaired) electrons. The summed E-state index contributed by atoms with van der Waals surface area (Å²) in [5, 5.41) is 4.26. The fourth-order valence-electron chi connectivity index (χ4n) is 2.72. The Labute approximate surface area is 156 Å². The molecule has 1 fully saturated rings. The number of barbiturate groups is 1. The fourth-order valence-corrected chi connectivity index (χ4v) is 2.72. The number of rotatable bonds is 8. The van der Waals surface area contributed by atoms with Crippen molar-refractivity contribution in [1.82, 2.24) is 10.6 Å². The van der Waals surface area contributed by atoms with Crippen LogP contribution in [0, 0.1) is 5.41 Å². The minimum absolute atomic E-state index is 0.207. The molecular formula is C20H20N2O5. The van der Waals surface area contributed by atoms with Crippen molar-refractivity contribution in [3.63, 3.8) is 0 Å². The summed E-state index contributed by atoms with van der Waals surface area (Å²) in [6.07, 6.45) is 0. The van der Waals surface area contributed by atoms with E-state index in [4.69, 9.17) is 9.47 Å². The van der Waals surface area contributed by atoms with Crippen molar-refractivity contribution in [2.24, 2.45) is 5.41 Å². The van der Waals surface area contributed by atoms with Gasteiger partial charge in [0.15, 0.2) is 5.41 Å². The molecule has 140 valence electrons. The Bertz CT molecular complexity index is 740. The van der Waals surface area contributed by atoms with Crippen molar-refractivity contribution in [2.75, 3.05) is 13.2 Å². The zero-order chi connectivity index (χ0) is 19.1. The van der Waals surface area contributed by atoms with Crippen LogP contribution in [0.4, 0.5) is 4.79 Å². The first-order chi connectivity index (χ1) is 13.1. The van der Waals surface area contributed by atoms with Crippen LogP contribution in [0.3, 0.4) is 0 Å². The molecule has 2 aromatic rings. The first-order valence-electron chi connectivity index (χ1n) is 8.50. The summed E-state index contributed by atoms with van der Waals surface area (Å²) in [7, 11) is 0. The van der Waals surface area contributed by atoms with Gasteiger partial charge >= 0.3 is 6.03 Å². The summed E-state index contributed by atoms with van der Waals surface area (Å²) in [5.74, 6) is -1.45. The Morgan fingerprint density at radius 1 is 0.667 bits per heavy atom. The predicted octanol–water partition coefficient (Wildman–Crippen LogP) is 1.77. The number of carbonyl (C=O) groups is 3. The summed E-state index contributed by atoms with van der Waals surface area (Å²) in [4.78, 5) is 36.4. The summed E-state index contributed by atoms with van der Waals surface area (Å²) in [6.45, 7) is 0.0504. The molecule has 27 heavy (non-hydrogen) atoms. The van der Waals surface area contributed by atoms with Crippen LogP contribution >= 0.6 is 0 Å². The van der Waals surface area contributed by atoms with Gasteiger partial charge in [0.1, 0.15) is 0 Å². The van der Waals surface area contributed by atoms with Gasteiger partial charge in [-0.25, -0.2) is 4.79 Å². The van der Waals surface area contributed by atoms with Crippen LogP contribution in [0.5, 0.6) is 0 Å². The summed E-state index contributed by atoms with van der Waals surface area (Å²) < 4.78 is 11.3. The molecule has 7 heteroatoms. The topological polar surface area (TPSA) is 93.7 Å². The molecule has 2 aromatic carbocycles. The highest BCUT2D eigenvalue weighted by Crippen LogP contribution is 2.23. The van der Waals surface area contributed by atoms with Gasteiger partial charge < -0.3 is 9.47 Å². The Balaban J connectivity index is 1.67. The van der Waals surface area contributed by atoms with Gasteiger partial charge in [-0.3, -0.25) is 20.2 Å². The lowest BCUT2D eigenvalue weighted by Crippen LogP contribution is -2.65. The number of imide groups is 2. The monoisotopic (exact) mass is 368 g/mol. The Morgan fingerprint density at radius 3 is 1.48 bits per heavy atom. The minimum atomic E-state index is -1.63. The quantitative estimate of drug-likeness (QED) is 0.693. The molecule has 0 aliphatic carbocycles. The van der Waals surface area contributed by atoms with E-state index in [-0.39, 0.29) is 26.4 Å². The first-order valence-corrected chi connectivity index (χ1v) is 8.50. The number of benzene rings is 2. The molecule has 3 rings (SSSR count). The Morgan fingerprint density at radius 2 is 1.07 bits per heavy atom. The van der Waals surface area contributed by atoms with Gasteiger partial charge in [0.2, 0.25) is 11.8 Å². The highest BCUT2D eigenvalue weighted by molar-refractivity contribution is 6.19. The molecule has 1 saturated heterocycles. The molecule has 1 aliphatic rings. The maximum Gasteiger partial charge on any atom is 0.328 e. The molecular weight excluding hydrogens is 348 g/mol. The van der Waals surface area contributed by atoms with Gasteiger partial charge in [-0.1, -0.05) is 60.7 Å². The van der Waals surface area contributed by atoms with Crippen molar-refractivity contribution in [3.8, 4) is 0 Å². The number of nitrogens with one attached hydrogen (secondary N) is 2. The van der Waals surface area contributed by atoms with E-state index in [9.17, 15) is 14.4 Å². The summed E-state index contributed by atoms with van der Waals surface area (Å²) in [6, 6.07) is 17.9. The number of carbonyl (C=O) groups excluding carboxylic acids is 3. The van der Waals surface area contributed by atoms with E-state index < -0.39 is 23.3 Å². The number of hydrogen-bond donors (Lipinski definition) is 2. The molecule has 1 heterocycles. The first kappa shape index (κ1) is 18.8. The van der Waals surface area contributed by atoms with Crippen molar-refractivity contribution in [3.05, 3.63) is 71.8 Å². The highest BCUT2D eigenvalue weighted by atomic mass is 16.5. The van der Waals surface area contributed by atoms with Gasteiger partial charge in [-0.05, 0) is 11.1 Å². The number of hydrogen-bond acceptors (Lipinski definition) is 5. The summed E-state index contributed by atoms with van der Waals surface area (Å²) in [5.41, 5.74) is 0.188. The highest BCUT2D eigenvalue weighted by Gasteiger charge is 2.51. The van der Waals surface area contributed by atoms with Crippen LogP contribution in [0.1, 0.15) is 11.1 Å². The van der Waals surface area contributed by atoms with Crippen LogP contribution in [0.25, 0.3) is 0 Å². The second-order valence-corrected chi connectivity index (χ2v) is 6.28. The lowest BCUT2D eigenvalue weighted by atomic mass is 9.86. The Hall–Kier alpha value is -3.03. The lowest BCUT2D eigenvalue weighted by Gasteiger charge is -2.33. The van der Waals surface area contributed by atoms with Crippen LogP contribution in [-0.2, 0) is 32.3 Å². The molecule has 2 N–H and O–H groups in total. The maximum absolute atomic E-state index is 12.5. The SMILES string of the molecule is O=C1NC(=O)C(COCc2ccccc2)(COCc2ccccc2)C(=O)N1. The van der Waals surface area contributed by atoms with Gasteiger partial charge in [0.05, 0.1) is 26.4 Å². The lowest BCUT2D eigenvalue weighted by molar-refractivity contribution is -0.155. The van der Waals surface area contributed by atoms with Gasteiger partial charge in [0, 0.05) is 0 Å². The van der Waals surface area contributed by atoms with Crippen LogP contribution < -0.4 is 10.6 Å².